The maximum atomic E-state index is 5.38. The molecular weight excluding hydrogens is 226 g/mol. The summed E-state index contributed by atoms with van der Waals surface area (Å²) in [4.78, 5) is 4.45. The van der Waals surface area contributed by atoms with E-state index in [0.717, 1.165) is 44.5 Å². The average molecular weight is 251 g/mol. The Balaban J connectivity index is 1.74. The van der Waals surface area contributed by atoms with Gasteiger partial charge in [0.2, 0.25) is 0 Å². The molecule has 18 heavy (non-hydrogen) atoms. The molecule has 2 heterocycles. The van der Waals surface area contributed by atoms with Crippen LogP contribution in [0.5, 0.6) is 0 Å². The van der Waals surface area contributed by atoms with Gasteiger partial charge in [-0.25, -0.2) is 4.98 Å². The van der Waals surface area contributed by atoms with Crippen molar-refractivity contribution in [1.29, 1.82) is 0 Å². The van der Waals surface area contributed by atoms with Crippen LogP contribution in [0.25, 0.3) is 0 Å². The molecule has 0 radical (unpaired) electrons. The van der Waals surface area contributed by atoms with Gasteiger partial charge >= 0.3 is 0 Å². The van der Waals surface area contributed by atoms with Crippen LogP contribution in [0.4, 0.5) is 0 Å². The normalized spacial score (nSPS) is 17.5. The number of nitrogens with one attached hydrogen (secondary N) is 1. The quantitative estimate of drug-likeness (QED) is 0.841. The van der Waals surface area contributed by atoms with Gasteiger partial charge in [-0.3, -0.25) is 0 Å². The Bertz CT molecular complexity index is 343. The molecule has 102 valence electrons. The Morgan fingerprint density at radius 3 is 2.94 bits per heavy atom. The van der Waals surface area contributed by atoms with E-state index in [1.165, 1.54) is 12.8 Å². The molecule has 0 aromatic carbocycles. The first kappa shape index (κ1) is 13.6. The van der Waals surface area contributed by atoms with Gasteiger partial charge in [0.05, 0.1) is 12.0 Å². The minimum atomic E-state index is 0.689. The SMILES string of the molecule is CC(C)CNCc1cn(CC2CCOCC2)cn1. The zero-order chi connectivity index (χ0) is 12.8. The van der Waals surface area contributed by atoms with Gasteiger partial charge in [0.15, 0.2) is 0 Å². The molecular formula is C14H25N3O. The maximum absolute atomic E-state index is 5.38. The Morgan fingerprint density at radius 2 is 2.22 bits per heavy atom. The summed E-state index contributed by atoms with van der Waals surface area (Å²) in [7, 11) is 0. The van der Waals surface area contributed by atoms with Crippen molar-refractivity contribution in [3.63, 3.8) is 0 Å². The zero-order valence-corrected chi connectivity index (χ0v) is 11.6. The smallest absolute Gasteiger partial charge is 0.0950 e. The first-order valence-electron chi connectivity index (χ1n) is 7.03. The molecule has 4 heteroatoms. The highest BCUT2D eigenvalue weighted by molar-refractivity contribution is 4.96. The van der Waals surface area contributed by atoms with Crippen LogP contribution in [0.3, 0.4) is 0 Å². The number of imidazole rings is 1. The van der Waals surface area contributed by atoms with E-state index in [-0.39, 0.29) is 0 Å². The first-order chi connectivity index (χ1) is 8.74. The summed E-state index contributed by atoms with van der Waals surface area (Å²) in [5.41, 5.74) is 1.14. The van der Waals surface area contributed by atoms with E-state index in [0.29, 0.717) is 5.92 Å². The maximum Gasteiger partial charge on any atom is 0.0950 e. The van der Waals surface area contributed by atoms with Crippen molar-refractivity contribution in [2.24, 2.45) is 11.8 Å². The standard InChI is InChI=1S/C14H25N3O/c1-12(2)7-15-8-14-10-17(11-16-14)9-13-3-5-18-6-4-13/h10-13,15H,3-9H2,1-2H3. The molecule has 0 amide bonds. The van der Waals surface area contributed by atoms with Gasteiger partial charge in [-0.15, -0.1) is 0 Å². The van der Waals surface area contributed by atoms with Crippen molar-refractivity contribution in [2.45, 2.75) is 39.8 Å². The third-order valence-corrected chi connectivity index (χ3v) is 3.36. The molecule has 1 aromatic rings. The summed E-state index contributed by atoms with van der Waals surface area (Å²) in [6.45, 7) is 9.28. The van der Waals surface area contributed by atoms with Crippen molar-refractivity contribution in [1.82, 2.24) is 14.9 Å². The van der Waals surface area contributed by atoms with Gasteiger partial charge in [-0.05, 0) is 31.2 Å². The molecule has 1 saturated heterocycles. The summed E-state index contributed by atoms with van der Waals surface area (Å²) < 4.78 is 7.61. The Hall–Kier alpha value is -0.870. The second-order valence-corrected chi connectivity index (χ2v) is 5.64. The van der Waals surface area contributed by atoms with E-state index < -0.39 is 0 Å². The van der Waals surface area contributed by atoms with Crippen LogP contribution >= 0.6 is 0 Å². The lowest BCUT2D eigenvalue weighted by molar-refractivity contribution is 0.0612. The minimum Gasteiger partial charge on any atom is -0.381 e. The number of aromatic nitrogens is 2. The Kier molecular flexibility index (Phi) is 5.20. The molecule has 0 spiro atoms. The van der Waals surface area contributed by atoms with Gasteiger partial charge in [-0.1, -0.05) is 13.8 Å². The van der Waals surface area contributed by atoms with Gasteiger partial charge in [0.1, 0.15) is 0 Å². The second kappa shape index (κ2) is 6.90. The first-order valence-corrected chi connectivity index (χ1v) is 7.03. The molecule has 4 nitrogen and oxygen atoms in total. The van der Waals surface area contributed by atoms with E-state index in [1.807, 2.05) is 6.33 Å². The fourth-order valence-electron chi connectivity index (χ4n) is 2.31. The lowest BCUT2D eigenvalue weighted by Crippen LogP contribution is -2.20. The molecule has 0 aliphatic carbocycles. The van der Waals surface area contributed by atoms with Crippen LogP contribution in [-0.2, 0) is 17.8 Å². The highest BCUT2D eigenvalue weighted by Gasteiger charge is 2.14. The van der Waals surface area contributed by atoms with Crippen molar-refractivity contribution in [2.75, 3.05) is 19.8 Å². The van der Waals surface area contributed by atoms with Crippen LogP contribution in [-0.4, -0.2) is 29.3 Å². The molecule has 1 aliphatic heterocycles. The van der Waals surface area contributed by atoms with Gasteiger partial charge < -0.3 is 14.6 Å². The number of ether oxygens (including phenoxy) is 1. The van der Waals surface area contributed by atoms with Gasteiger partial charge in [-0.2, -0.15) is 0 Å². The van der Waals surface area contributed by atoms with Crippen molar-refractivity contribution >= 4 is 0 Å². The predicted octanol–water partition coefficient (Wildman–Crippen LogP) is 2.06. The van der Waals surface area contributed by atoms with Gasteiger partial charge in [0, 0.05) is 32.5 Å². The van der Waals surface area contributed by atoms with Crippen LogP contribution in [0.15, 0.2) is 12.5 Å². The number of nitrogens with zero attached hydrogens (tertiary/aromatic N) is 2. The van der Waals surface area contributed by atoms with Crippen LogP contribution in [0, 0.1) is 11.8 Å². The summed E-state index contributed by atoms with van der Waals surface area (Å²) in [6.07, 6.45) is 6.49. The van der Waals surface area contributed by atoms with E-state index in [2.05, 4.69) is 34.9 Å². The highest BCUT2D eigenvalue weighted by Crippen LogP contribution is 2.16. The van der Waals surface area contributed by atoms with E-state index in [1.54, 1.807) is 0 Å². The molecule has 0 bridgehead atoms. The molecule has 0 unspecified atom stereocenters. The second-order valence-electron chi connectivity index (χ2n) is 5.64. The molecule has 0 atom stereocenters. The van der Waals surface area contributed by atoms with E-state index in [4.69, 9.17) is 4.74 Å². The molecule has 2 rings (SSSR count). The lowest BCUT2D eigenvalue weighted by Gasteiger charge is -2.22. The summed E-state index contributed by atoms with van der Waals surface area (Å²) >= 11 is 0. The lowest BCUT2D eigenvalue weighted by atomic mass is 10.0. The molecule has 1 aromatic heterocycles. The summed E-state index contributed by atoms with van der Waals surface area (Å²) in [6, 6.07) is 0. The molecule has 1 aliphatic rings. The highest BCUT2D eigenvalue weighted by atomic mass is 16.5. The number of rotatable bonds is 6. The van der Waals surface area contributed by atoms with E-state index >= 15 is 0 Å². The molecule has 1 N–H and O–H groups in total. The predicted molar refractivity (Wildman–Crippen MR) is 72.3 cm³/mol. The minimum absolute atomic E-state index is 0.689. The topological polar surface area (TPSA) is 39.1 Å². The monoisotopic (exact) mass is 251 g/mol. The summed E-state index contributed by atoms with van der Waals surface area (Å²) in [5, 5.41) is 3.42. The fourth-order valence-corrected chi connectivity index (χ4v) is 2.31. The van der Waals surface area contributed by atoms with Crippen LogP contribution < -0.4 is 5.32 Å². The number of hydrogen-bond acceptors (Lipinski definition) is 3. The summed E-state index contributed by atoms with van der Waals surface area (Å²) in [5.74, 6) is 1.44. The van der Waals surface area contributed by atoms with E-state index in [9.17, 15) is 0 Å². The largest absolute Gasteiger partial charge is 0.381 e. The van der Waals surface area contributed by atoms with Crippen molar-refractivity contribution < 1.29 is 4.74 Å². The molecule has 1 fully saturated rings. The molecule has 0 saturated carbocycles. The average Bonchev–Trinajstić information content (AvgIpc) is 2.78. The Labute approximate surface area is 110 Å². The fraction of sp³-hybridized carbons (Fsp3) is 0.786. The third-order valence-electron chi connectivity index (χ3n) is 3.36. The number of hydrogen-bond donors (Lipinski definition) is 1. The van der Waals surface area contributed by atoms with Crippen molar-refractivity contribution in [3.8, 4) is 0 Å². The third kappa shape index (κ3) is 4.42. The Morgan fingerprint density at radius 1 is 1.44 bits per heavy atom. The van der Waals surface area contributed by atoms with Gasteiger partial charge in [0.25, 0.3) is 0 Å². The van der Waals surface area contributed by atoms with Crippen LogP contribution in [0.2, 0.25) is 0 Å². The van der Waals surface area contributed by atoms with Crippen LogP contribution in [0.1, 0.15) is 32.4 Å². The van der Waals surface area contributed by atoms with Crippen molar-refractivity contribution in [3.05, 3.63) is 18.2 Å². The zero-order valence-electron chi connectivity index (χ0n) is 11.6.